The Morgan fingerprint density at radius 3 is 2.72 bits per heavy atom. The molecular weight excluding hydrogens is 248 g/mol. The van der Waals surface area contributed by atoms with Gasteiger partial charge in [-0.2, -0.15) is 0 Å². The number of halogens is 1. The molecule has 2 aromatic carbocycles. The third kappa shape index (κ3) is 2.84. The maximum Gasteiger partial charge on any atom is 0.146 e. The molecule has 0 aromatic heterocycles. The fourth-order valence-electron chi connectivity index (χ4n) is 1.60. The molecule has 0 atom stereocenters. The van der Waals surface area contributed by atoms with Crippen molar-refractivity contribution >= 4 is 11.6 Å². The van der Waals surface area contributed by atoms with Crippen LogP contribution in [0.5, 0.6) is 17.2 Å². The van der Waals surface area contributed by atoms with E-state index in [-0.39, 0.29) is 5.75 Å². The van der Waals surface area contributed by atoms with Crippen LogP contribution >= 0.6 is 11.6 Å². The molecule has 18 heavy (non-hydrogen) atoms. The summed E-state index contributed by atoms with van der Waals surface area (Å²) >= 11 is 6.02. The Morgan fingerprint density at radius 1 is 1.22 bits per heavy atom. The van der Waals surface area contributed by atoms with E-state index < -0.39 is 0 Å². The number of phenolic OH excluding ortho intramolecular Hbond substituents is 1. The van der Waals surface area contributed by atoms with E-state index in [1.807, 2.05) is 12.1 Å². The second-order valence-corrected chi connectivity index (χ2v) is 4.22. The van der Waals surface area contributed by atoms with E-state index in [2.05, 4.69) is 6.58 Å². The number of allylic oxidation sites excluding steroid dienone is 1. The molecule has 0 unspecified atom stereocenters. The minimum absolute atomic E-state index is 0.237. The zero-order valence-corrected chi connectivity index (χ0v) is 10.5. The van der Waals surface area contributed by atoms with Gasteiger partial charge in [-0.05, 0) is 36.8 Å². The third-order valence-corrected chi connectivity index (χ3v) is 2.79. The van der Waals surface area contributed by atoms with Crippen molar-refractivity contribution in [1.82, 2.24) is 0 Å². The molecule has 2 nitrogen and oxygen atoms in total. The highest BCUT2D eigenvalue weighted by atomic mass is 35.5. The normalized spacial score (nSPS) is 10.1. The van der Waals surface area contributed by atoms with Crippen LogP contribution in [-0.2, 0) is 6.42 Å². The van der Waals surface area contributed by atoms with Crippen molar-refractivity contribution in [3.63, 3.8) is 0 Å². The van der Waals surface area contributed by atoms with E-state index in [9.17, 15) is 5.11 Å². The van der Waals surface area contributed by atoms with E-state index in [1.165, 1.54) is 0 Å². The largest absolute Gasteiger partial charge is 0.508 e. The fraction of sp³-hybridized carbons (Fsp3) is 0.0667. The van der Waals surface area contributed by atoms with Crippen LogP contribution in [0.4, 0.5) is 0 Å². The molecule has 0 aliphatic carbocycles. The molecule has 0 bridgehead atoms. The van der Waals surface area contributed by atoms with Crippen LogP contribution in [0, 0.1) is 0 Å². The van der Waals surface area contributed by atoms with Gasteiger partial charge in [-0.25, -0.2) is 0 Å². The Morgan fingerprint density at radius 2 is 2.00 bits per heavy atom. The number of ether oxygens (including phenoxy) is 1. The summed E-state index contributed by atoms with van der Waals surface area (Å²) in [5.41, 5.74) is 0.773. The van der Waals surface area contributed by atoms with Crippen LogP contribution in [0.15, 0.2) is 55.1 Å². The molecule has 0 aliphatic heterocycles. The molecular formula is C15H13ClO2. The standard InChI is InChI=1S/C15H13ClO2/c1-2-5-11-10-12(8-9-14(11)17)18-15-7-4-3-6-13(15)16/h2-4,6-10,17H,1,5H2. The van der Waals surface area contributed by atoms with Gasteiger partial charge in [0.05, 0.1) is 5.02 Å². The topological polar surface area (TPSA) is 29.5 Å². The van der Waals surface area contributed by atoms with Gasteiger partial charge in [0.15, 0.2) is 0 Å². The van der Waals surface area contributed by atoms with Crippen molar-refractivity contribution in [3.8, 4) is 17.2 Å². The Balaban J connectivity index is 2.27. The first-order valence-corrected chi connectivity index (χ1v) is 5.93. The quantitative estimate of drug-likeness (QED) is 0.816. The summed E-state index contributed by atoms with van der Waals surface area (Å²) in [6, 6.07) is 12.3. The lowest BCUT2D eigenvalue weighted by atomic mass is 10.1. The SMILES string of the molecule is C=CCc1cc(Oc2ccccc2Cl)ccc1O. The van der Waals surface area contributed by atoms with Crippen LogP contribution < -0.4 is 4.74 Å². The van der Waals surface area contributed by atoms with Gasteiger partial charge in [-0.1, -0.05) is 29.8 Å². The summed E-state index contributed by atoms with van der Waals surface area (Å²) in [4.78, 5) is 0. The molecule has 0 aliphatic rings. The third-order valence-electron chi connectivity index (χ3n) is 2.48. The minimum Gasteiger partial charge on any atom is -0.508 e. The molecule has 3 heteroatoms. The molecule has 2 aromatic rings. The molecule has 2 rings (SSSR count). The smallest absolute Gasteiger partial charge is 0.146 e. The molecule has 0 fully saturated rings. The average Bonchev–Trinajstić information content (AvgIpc) is 2.36. The van der Waals surface area contributed by atoms with Crippen molar-refractivity contribution in [1.29, 1.82) is 0 Å². The number of aromatic hydroxyl groups is 1. The van der Waals surface area contributed by atoms with Crippen molar-refractivity contribution in [2.75, 3.05) is 0 Å². The summed E-state index contributed by atoms with van der Waals surface area (Å²) in [5, 5.41) is 10.2. The number of rotatable bonds is 4. The van der Waals surface area contributed by atoms with E-state index in [4.69, 9.17) is 16.3 Å². The molecule has 92 valence electrons. The minimum atomic E-state index is 0.237. The zero-order chi connectivity index (χ0) is 13.0. The Kier molecular flexibility index (Phi) is 3.90. The van der Waals surface area contributed by atoms with Gasteiger partial charge >= 0.3 is 0 Å². The van der Waals surface area contributed by atoms with E-state index in [0.29, 0.717) is 22.9 Å². The molecule has 0 heterocycles. The number of benzene rings is 2. The fourth-order valence-corrected chi connectivity index (χ4v) is 1.77. The Labute approximate surface area is 111 Å². The number of phenols is 1. The Bertz CT molecular complexity index is 564. The highest BCUT2D eigenvalue weighted by molar-refractivity contribution is 6.32. The summed E-state index contributed by atoms with van der Waals surface area (Å²) in [6.07, 6.45) is 2.32. The summed E-state index contributed by atoms with van der Waals surface area (Å²) in [5.74, 6) is 1.47. The van der Waals surface area contributed by atoms with Gasteiger partial charge in [-0.3, -0.25) is 0 Å². The molecule has 0 amide bonds. The zero-order valence-electron chi connectivity index (χ0n) is 9.77. The number of hydrogen-bond donors (Lipinski definition) is 1. The predicted octanol–water partition coefficient (Wildman–Crippen LogP) is 4.57. The van der Waals surface area contributed by atoms with Crippen molar-refractivity contribution in [3.05, 3.63) is 65.7 Å². The van der Waals surface area contributed by atoms with Gasteiger partial charge in [0.1, 0.15) is 17.2 Å². The second-order valence-electron chi connectivity index (χ2n) is 3.82. The lowest BCUT2D eigenvalue weighted by Gasteiger charge is -2.09. The lowest BCUT2D eigenvalue weighted by Crippen LogP contribution is -1.88. The second kappa shape index (κ2) is 5.61. The molecule has 0 saturated carbocycles. The molecule has 1 N–H and O–H groups in total. The maximum absolute atomic E-state index is 9.66. The van der Waals surface area contributed by atoms with Crippen LogP contribution in [-0.4, -0.2) is 5.11 Å². The van der Waals surface area contributed by atoms with Crippen molar-refractivity contribution < 1.29 is 9.84 Å². The first-order valence-electron chi connectivity index (χ1n) is 5.56. The summed E-state index contributed by atoms with van der Waals surface area (Å²) in [6.45, 7) is 3.65. The van der Waals surface area contributed by atoms with E-state index in [1.54, 1.807) is 36.4 Å². The van der Waals surface area contributed by atoms with E-state index >= 15 is 0 Å². The van der Waals surface area contributed by atoms with Gasteiger partial charge in [-0.15, -0.1) is 6.58 Å². The van der Waals surface area contributed by atoms with Gasteiger partial charge in [0, 0.05) is 5.56 Å². The van der Waals surface area contributed by atoms with E-state index in [0.717, 1.165) is 5.56 Å². The van der Waals surface area contributed by atoms with Crippen LogP contribution in [0.3, 0.4) is 0 Å². The number of para-hydroxylation sites is 1. The molecule has 0 radical (unpaired) electrons. The average molecular weight is 261 g/mol. The number of hydrogen-bond acceptors (Lipinski definition) is 2. The van der Waals surface area contributed by atoms with Crippen molar-refractivity contribution in [2.24, 2.45) is 0 Å². The summed E-state index contributed by atoms with van der Waals surface area (Å²) in [7, 11) is 0. The van der Waals surface area contributed by atoms with Crippen LogP contribution in [0.25, 0.3) is 0 Å². The first kappa shape index (κ1) is 12.5. The Hall–Kier alpha value is -1.93. The highest BCUT2D eigenvalue weighted by Gasteiger charge is 2.05. The van der Waals surface area contributed by atoms with Crippen LogP contribution in [0.2, 0.25) is 5.02 Å². The first-order chi connectivity index (χ1) is 8.70. The maximum atomic E-state index is 9.66. The predicted molar refractivity (Wildman–Crippen MR) is 73.5 cm³/mol. The van der Waals surface area contributed by atoms with Crippen molar-refractivity contribution in [2.45, 2.75) is 6.42 Å². The molecule has 0 saturated heterocycles. The molecule has 0 spiro atoms. The highest BCUT2D eigenvalue weighted by Crippen LogP contribution is 2.31. The van der Waals surface area contributed by atoms with Gasteiger partial charge in [0.25, 0.3) is 0 Å². The van der Waals surface area contributed by atoms with Gasteiger partial charge < -0.3 is 9.84 Å². The van der Waals surface area contributed by atoms with Gasteiger partial charge in [0.2, 0.25) is 0 Å². The van der Waals surface area contributed by atoms with Crippen LogP contribution in [0.1, 0.15) is 5.56 Å². The lowest BCUT2D eigenvalue weighted by molar-refractivity contribution is 0.459. The summed E-state index contributed by atoms with van der Waals surface area (Å²) < 4.78 is 5.67. The monoisotopic (exact) mass is 260 g/mol.